The van der Waals surface area contributed by atoms with Crippen molar-refractivity contribution in [3.63, 3.8) is 0 Å². The Balaban J connectivity index is 2.49. The standard InChI is InChI=1S/C16H32N4O/c1-3-5-6-7-10-19-16(18-4-2)20-11-8-9-14(13-20)12-15(17)21/h14H,3-13H2,1-2H3,(H2,17,21)(H,18,19). The number of carbonyl (C=O) groups excluding carboxylic acids is 1. The lowest BCUT2D eigenvalue weighted by Crippen LogP contribution is -2.47. The third-order valence-electron chi connectivity index (χ3n) is 3.92. The molecule has 5 nitrogen and oxygen atoms in total. The zero-order valence-electron chi connectivity index (χ0n) is 13.7. The molecule has 0 aromatic rings. The van der Waals surface area contributed by atoms with Gasteiger partial charge in [-0.1, -0.05) is 26.2 Å². The van der Waals surface area contributed by atoms with E-state index in [1.54, 1.807) is 0 Å². The molecule has 21 heavy (non-hydrogen) atoms. The average Bonchev–Trinajstić information content (AvgIpc) is 2.45. The second-order valence-corrected chi connectivity index (χ2v) is 5.92. The highest BCUT2D eigenvalue weighted by molar-refractivity contribution is 5.80. The number of likely N-dealkylation sites (tertiary alicyclic amines) is 1. The number of amides is 1. The molecule has 3 N–H and O–H groups in total. The van der Waals surface area contributed by atoms with Crippen LogP contribution < -0.4 is 11.1 Å². The van der Waals surface area contributed by atoms with Crippen molar-refractivity contribution in [2.45, 2.75) is 58.8 Å². The third kappa shape index (κ3) is 7.34. The summed E-state index contributed by atoms with van der Waals surface area (Å²) in [7, 11) is 0. The molecule has 5 heteroatoms. The van der Waals surface area contributed by atoms with Crippen molar-refractivity contribution < 1.29 is 4.79 Å². The van der Waals surface area contributed by atoms with Crippen LogP contribution in [0.15, 0.2) is 4.99 Å². The first kappa shape index (κ1) is 17.8. The Morgan fingerprint density at radius 3 is 2.81 bits per heavy atom. The number of carbonyl (C=O) groups is 1. The minimum absolute atomic E-state index is 0.191. The molecule has 1 fully saturated rings. The van der Waals surface area contributed by atoms with Crippen LogP contribution in [0.25, 0.3) is 0 Å². The second kappa shape index (κ2) is 10.5. The van der Waals surface area contributed by atoms with Gasteiger partial charge in [-0.2, -0.15) is 0 Å². The van der Waals surface area contributed by atoms with Gasteiger partial charge >= 0.3 is 0 Å². The lowest BCUT2D eigenvalue weighted by molar-refractivity contribution is -0.119. The summed E-state index contributed by atoms with van der Waals surface area (Å²) in [4.78, 5) is 18.1. The summed E-state index contributed by atoms with van der Waals surface area (Å²) in [6.07, 6.45) is 7.64. The Hall–Kier alpha value is -1.26. The number of nitrogens with two attached hydrogens (primary N) is 1. The zero-order valence-corrected chi connectivity index (χ0v) is 13.7. The van der Waals surface area contributed by atoms with Gasteiger partial charge in [0.1, 0.15) is 0 Å². The number of aliphatic imine (C=N–C) groups is 1. The fourth-order valence-electron chi connectivity index (χ4n) is 2.86. The molecule has 1 unspecified atom stereocenters. The number of rotatable bonds is 8. The molecule has 0 spiro atoms. The summed E-state index contributed by atoms with van der Waals surface area (Å²) in [6.45, 7) is 8.00. The SMILES string of the molecule is CCCCCCN=C(NCC)N1CCCC(CC(N)=O)C1. The molecular weight excluding hydrogens is 264 g/mol. The number of guanidine groups is 1. The number of unbranched alkanes of at least 4 members (excludes halogenated alkanes) is 3. The largest absolute Gasteiger partial charge is 0.370 e. The smallest absolute Gasteiger partial charge is 0.217 e. The van der Waals surface area contributed by atoms with Gasteiger partial charge in [0.25, 0.3) is 0 Å². The highest BCUT2D eigenvalue weighted by atomic mass is 16.1. The fraction of sp³-hybridized carbons (Fsp3) is 0.875. The fourth-order valence-corrected chi connectivity index (χ4v) is 2.86. The minimum atomic E-state index is -0.191. The Morgan fingerprint density at radius 1 is 1.33 bits per heavy atom. The van der Waals surface area contributed by atoms with E-state index >= 15 is 0 Å². The molecule has 0 aliphatic carbocycles. The van der Waals surface area contributed by atoms with Crippen LogP contribution in [0.3, 0.4) is 0 Å². The van der Waals surface area contributed by atoms with Crippen molar-refractivity contribution in [3.8, 4) is 0 Å². The monoisotopic (exact) mass is 296 g/mol. The molecule has 0 bridgehead atoms. The van der Waals surface area contributed by atoms with E-state index in [4.69, 9.17) is 10.7 Å². The summed E-state index contributed by atoms with van der Waals surface area (Å²) in [5.41, 5.74) is 5.33. The van der Waals surface area contributed by atoms with Crippen molar-refractivity contribution in [3.05, 3.63) is 0 Å². The summed E-state index contributed by atoms with van der Waals surface area (Å²) in [6, 6.07) is 0. The molecule has 1 aliphatic heterocycles. The van der Waals surface area contributed by atoms with E-state index in [0.717, 1.165) is 51.4 Å². The van der Waals surface area contributed by atoms with Gasteiger partial charge in [-0.15, -0.1) is 0 Å². The van der Waals surface area contributed by atoms with Gasteiger partial charge in [0.05, 0.1) is 0 Å². The number of nitrogens with one attached hydrogen (secondary N) is 1. The van der Waals surface area contributed by atoms with E-state index in [0.29, 0.717) is 12.3 Å². The maximum Gasteiger partial charge on any atom is 0.217 e. The summed E-state index contributed by atoms with van der Waals surface area (Å²) < 4.78 is 0. The molecule has 0 aromatic carbocycles. The second-order valence-electron chi connectivity index (χ2n) is 5.92. The molecule has 122 valence electrons. The molecule has 0 saturated carbocycles. The number of hydrogen-bond acceptors (Lipinski definition) is 2. The molecule has 1 aliphatic rings. The van der Waals surface area contributed by atoms with Crippen molar-refractivity contribution in [1.29, 1.82) is 0 Å². The molecule has 1 rings (SSSR count). The van der Waals surface area contributed by atoms with Gasteiger partial charge in [-0.05, 0) is 32.1 Å². The van der Waals surface area contributed by atoms with Gasteiger partial charge in [-0.3, -0.25) is 9.79 Å². The van der Waals surface area contributed by atoms with Crippen molar-refractivity contribution in [2.24, 2.45) is 16.6 Å². The number of piperidine rings is 1. The number of nitrogens with zero attached hydrogens (tertiary/aromatic N) is 2. The first-order valence-corrected chi connectivity index (χ1v) is 8.48. The predicted molar refractivity (Wildman–Crippen MR) is 88.2 cm³/mol. The van der Waals surface area contributed by atoms with Gasteiger partial charge in [-0.25, -0.2) is 0 Å². The van der Waals surface area contributed by atoms with Crippen LogP contribution >= 0.6 is 0 Å². The van der Waals surface area contributed by atoms with E-state index in [9.17, 15) is 4.79 Å². The Kier molecular flexibility index (Phi) is 8.87. The number of hydrogen-bond donors (Lipinski definition) is 2. The van der Waals surface area contributed by atoms with Gasteiger partial charge in [0.2, 0.25) is 5.91 Å². The first-order valence-electron chi connectivity index (χ1n) is 8.48. The highest BCUT2D eigenvalue weighted by Gasteiger charge is 2.23. The third-order valence-corrected chi connectivity index (χ3v) is 3.92. The van der Waals surface area contributed by atoms with E-state index in [-0.39, 0.29) is 5.91 Å². The molecular formula is C16H32N4O. The van der Waals surface area contributed by atoms with Crippen LogP contribution in [0.4, 0.5) is 0 Å². The zero-order chi connectivity index (χ0) is 15.5. The average molecular weight is 296 g/mol. The molecule has 1 amide bonds. The van der Waals surface area contributed by atoms with Gasteiger partial charge < -0.3 is 16.0 Å². The Morgan fingerprint density at radius 2 is 2.14 bits per heavy atom. The van der Waals surface area contributed by atoms with E-state index < -0.39 is 0 Å². The first-order chi connectivity index (χ1) is 10.2. The minimum Gasteiger partial charge on any atom is -0.370 e. The van der Waals surface area contributed by atoms with Crippen LogP contribution in [0.1, 0.15) is 58.8 Å². The van der Waals surface area contributed by atoms with Gasteiger partial charge in [0, 0.05) is 32.6 Å². The van der Waals surface area contributed by atoms with E-state index in [1.165, 1.54) is 19.3 Å². The van der Waals surface area contributed by atoms with Crippen LogP contribution in [0, 0.1) is 5.92 Å². The Labute approximate surface area is 129 Å². The summed E-state index contributed by atoms with van der Waals surface area (Å²) >= 11 is 0. The van der Waals surface area contributed by atoms with Gasteiger partial charge in [0.15, 0.2) is 5.96 Å². The summed E-state index contributed by atoms with van der Waals surface area (Å²) in [5.74, 6) is 1.19. The molecule has 1 saturated heterocycles. The number of primary amides is 1. The molecule has 0 radical (unpaired) electrons. The van der Waals surface area contributed by atoms with Crippen LogP contribution in [-0.2, 0) is 4.79 Å². The Bertz CT molecular complexity index is 330. The normalized spacial score (nSPS) is 19.6. The summed E-state index contributed by atoms with van der Waals surface area (Å²) in [5, 5.41) is 3.38. The quantitative estimate of drug-likeness (QED) is 0.409. The van der Waals surface area contributed by atoms with Crippen LogP contribution in [0.5, 0.6) is 0 Å². The van der Waals surface area contributed by atoms with Crippen molar-refractivity contribution in [2.75, 3.05) is 26.2 Å². The maximum absolute atomic E-state index is 11.1. The van der Waals surface area contributed by atoms with E-state index in [2.05, 4.69) is 24.1 Å². The maximum atomic E-state index is 11.1. The lowest BCUT2D eigenvalue weighted by atomic mass is 9.95. The molecule has 0 aromatic heterocycles. The van der Waals surface area contributed by atoms with Crippen LogP contribution in [-0.4, -0.2) is 42.9 Å². The molecule has 1 atom stereocenters. The predicted octanol–water partition coefficient (Wildman–Crippen LogP) is 2.12. The van der Waals surface area contributed by atoms with Crippen LogP contribution in [0.2, 0.25) is 0 Å². The molecule has 1 heterocycles. The van der Waals surface area contributed by atoms with E-state index in [1.807, 2.05) is 0 Å². The topological polar surface area (TPSA) is 70.7 Å². The highest BCUT2D eigenvalue weighted by Crippen LogP contribution is 2.19. The van der Waals surface area contributed by atoms with Crippen molar-refractivity contribution >= 4 is 11.9 Å². The van der Waals surface area contributed by atoms with Crippen molar-refractivity contribution in [1.82, 2.24) is 10.2 Å². The lowest BCUT2D eigenvalue weighted by Gasteiger charge is -2.34.